The van der Waals surface area contributed by atoms with Crippen molar-refractivity contribution in [1.82, 2.24) is 10.1 Å². The molecule has 0 spiro atoms. The molecule has 0 aliphatic heterocycles. The SMILES string of the molecule is C=CC(=O)N(Cc1nocc1C(C)(C)C)C[C@H](C)OC. The lowest BCUT2D eigenvalue weighted by molar-refractivity contribution is -0.128. The van der Waals surface area contributed by atoms with Crippen LogP contribution in [0.5, 0.6) is 0 Å². The van der Waals surface area contributed by atoms with Crippen LogP contribution in [0.1, 0.15) is 39.0 Å². The topological polar surface area (TPSA) is 55.6 Å². The van der Waals surface area contributed by atoms with Gasteiger partial charge in [-0.25, -0.2) is 0 Å². The summed E-state index contributed by atoms with van der Waals surface area (Å²) in [5.74, 6) is -0.142. The molecular formula is C15H24N2O3. The highest BCUT2D eigenvalue weighted by Gasteiger charge is 2.24. The van der Waals surface area contributed by atoms with E-state index in [4.69, 9.17) is 9.26 Å². The third kappa shape index (κ3) is 4.20. The van der Waals surface area contributed by atoms with E-state index in [2.05, 4.69) is 32.5 Å². The van der Waals surface area contributed by atoms with Gasteiger partial charge >= 0.3 is 0 Å². The average Bonchev–Trinajstić information content (AvgIpc) is 2.84. The molecule has 0 aliphatic carbocycles. The maximum atomic E-state index is 11.9. The fourth-order valence-electron chi connectivity index (χ4n) is 1.91. The lowest BCUT2D eigenvalue weighted by atomic mass is 9.87. The summed E-state index contributed by atoms with van der Waals surface area (Å²) in [5, 5.41) is 4.03. The second kappa shape index (κ2) is 6.70. The Balaban J connectivity index is 2.93. The Hall–Kier alpha value is -1.62. The summed E-state index contributed by atoms with van der Waals surface area (Å²) in [4.78, 5) is 13.6. The van der Waals surface area contributed by atoms with E-state index in [-0.39, 0.29) is 17.4 Å². The first-order valence-electron chi connectivity index (χ1n) is 6.67. The van der Waals surface area contributed by atoms with Gasteiger partial charge in [-0.1, -0.05) is 32.5 Å². The third-order valence-corrected chi connectivity index (χ3v) is 3.16. The van der Waals surface area contributed by atoms with Gasteiger partial charge in [0.25, 0.3) is 0 Å². The van der Waals surface area contributed by atoms with Crippen molar-refractivity contribution in [2.45, 2.75) is 45.8 Å². The van der Waals surface area contributed by atoms with Gasteiger partial charge in [-0.05, 0) is 18.4 Å². The molecule has 1 heterocycles. The highest BCUT2D eigenvalue weighted by atomic mass is 16.5. The van der Waals surface area contributed by atoms with Crippen molar-refractivity contribution in [1.29, 1.82) is 0 Å². The second-order valence-electron chi connectivity index (χ2n) is 5.89. The van der Waals surface area contributed by atoms with Crippen molar-refractivity contribution in [3.8, 4) is 0 Å². The van der Waals surface area contributed by atoms with Crippen LogP contribution in [0.2, 0.25) is 0 Å². The quantitative estimate of drug-likeness (QED) is 0.751. The number of rotatable bonds is 6. The Morgan fingerprint density at radius 2 is 2.25 bits per heavy atom. The second-order valence-corrected chi connectivity index (χ2v) is 5.89. The largest absolute Gasteiger partial charge is 0.380 e. The smallest absolute Gasteiger partial charge is 0.246 e. The Labute approximate surface area is 120 Å². The molecule has 0 fully saturated rings. The summed E-state index contributed by atoms with van der Waals surface area (Å²) in [6.45, 7) is 12.6. The zero-order valence-electron chi connectivity index (χ0n) is 13.0. The van der Waals surface area contributed by atoms with Crippen molar-refractivity contribution < 1.29 is 14.1 Å². The molecular weight excluding hydrogens is 256 g/mol. The molecule has 1 rings (SSSR count). The van der Waals surface area contributed by atoms with Gasteiger partial charge in [-0.2, -0.15) is 0 Å². The van der Waals surface area contributed by atoms with Crippen LogP contribution in [0, 0.1) is 0 Å². The molecule has 1 amide bonds. The number of aromatic nitrogens is 1. The molecule has 1 aromatic rings. The van der Waals surface area contributed by atoms with E-state index in [0.29, 0.717) is 13.1 Å². The molecule has 0 aromatic carbocycles. The lowest BCUT2D eigenvalue weighted by Crippen LogP contribution is -2.36. The fourth-order valence-corrected chi connectivity index (χ4v) is 1.91. The Morgan fingerprint density at radius 1 is 1.60 bits per heavy atom. The van der Waals surface area contributed by atoms with Crippen LogP contribution in [0.25, 0.3) is 0 Å². The van der Waals surface area contributed by atoms with E-state index in [1.807, 2.05) is 6.92 Å². The maximum Gasteiger partial charge on any atom is 0.246 e. The zero-order chi connectivity index (χ0) is 15.3. The van der Waals surface area contributed by atoms with Crippen molar-refractivity contribution in [2.24, 2.45) is 0 Å². The van der Waals surface area contributed by atoms with E-state index in [0.717, 1.165) is 11.3 Å². The summed E-state index contributed by atoms with van der Waals surface area (Å²) in [6, 6.07) is 0. The Morgan fingerprint density at radius 3 is 2.75 bits per heavy atom. The van der Waals surface area contributed by atoms with E-state index < -0.39 is 0 Å². The van der Waals surface area contributed by atoms with E-state index in [1.54, 1.807) is 18.3 Å². The maximum absolute atomic E-state index is 11.9. The minimum atomic E-state index is -0.142. The number of carbonyl (C=O) groups excluding carboxylic acids is 1. The molecule has 0 unspecified atom stereocenters. The van der Waals surface area contributed by atoms with Gasteiger partial charge in [0.15, 0.2) is 0 Å². The van der Waals surface area contributed by atoms with Crippen LogP contribution >= 0.6 is 0 Å². The number of carbonyl (C=O) groups is 1. The van der Waals surface area contributed by atoms with Gasteiger partial charge in [0, 0.05) is 19.2 Å². The lowest BCUT2D eigenvalue weighted by Gasteiger charge is -2.25. The van der Waals surface area contributed by atoms with Gasteiger partial charge in [-0.3, -0.25) is 4.79 Å². The third-order valence-electron chi connectivity index (χ3n) is 3.16. The van der Waals surface area contributed by atoms with Crippen LogP contribution in [-0.2, 0) is 21.5 Å². The van der Waals surface area contributed by atoms with Crippen LogP contribution < -0.4 is 0 Å². The standard InChI is InChI=1S/C15H24N2O3/c1-7-14(18)17(8-11(2)19-6)9-13-12(10-20-16-13)15(3,4)5/h7,10-11H,1,8-9H2,2-6H3/t11-/m0/s1. The number of hydrogen-bond donors (Lipinski definition) is 0. The van der Waals surface area contributed by atoms with Gasteiger partial charge in [0.1, 0.15) is 12.0 Å². The summed E-state index contributed by atoms with van der Waals surface area (Å²) in [7, 11) is 1.62. The monoisotopic (exact) mass is 280 g/mol. The summed E-state index contributed by atoms with van der Waals surface area (Å²) < 4.78 is 10.3. The molecule has 0 saturated carbocycles. The molecule has 0 aliphatic rings. The van der Waals surface area contributed by atoms with E-state index in [9.17, 15) is 4.79 Å². The van der Waals surface area contributed by atoms with Crippen LogP contribution in [0.3, 0.4) is 0 Å². The van der Waals surface area contributed by atoms with E-state index in [1.165, 1.54) is 6.08 Å². The van der Waals surface area contributed by atoms with Crippen molar-refractivity contribution in [2.75, 3.05) is 13.7 Å². The molecule has 1 atom stereocenters. The average molecular weight is 280 g/mol. The molecule has 1 aromatic heterocycles. The molecule has 20 heavy (non-hydrogen) atoms. The summed E-state index contributed by atoms with van der Waals surface area (Å²) in [6.07, 6.45) is 2.90. The minimum Gasteiger partial charge on any atom is -0.380 e. The summed E-state index contributed by atoms with van der Waals surface area (Å²) >= 11 is 0. The number of nitrogens with zero attached hydrogens (tertiary/aromatic N) is 2. The number of hydrogen-bond acceptors (Lipinski definition) is 4. The van der Waals surface area contributed by atoms with Crippen molar-refractivity contribution in [3.63, 3.8) is 0 Å². The van der Waals surface area contributed by atoms with E-state index >= 15 is 0 Å². The molecule has 112 valence electrons. The van der Waals surface area contributed by atoms with Gasteiger partial charge < -0.3 is 14.2 Å². The highest BCUT2D eigenvalue weighted by molar-refractivity contribution is 5.87. The number of ether oxygens (including phenoxy) is 1. The molecule has 0 bridgehead atoms. The van der Waals surface area contributed by atoms with Crippen LogP contribution in [0.4, 0.5) is 0 Å². The minimum absolute atomic E-state index is 0.0520. The predicted molar refractivity (Wildman–Crippen MR) is 77.3 cm³/mol. The number of methoxy groups -OCH3 is 1. The first-order valence-corrected chi connectivity index (χ1v) is 6.67. The van der Waals surface area contributed by atoms with Gasteiger partial charge in [0.05, 0.1) is 12.6 Å². The van der Waals surface area contributed by atoms with Gasteiger partial charge in [0.2, 0.25) is 5.91 Å². The van der Waals surface area contributed by atoms with Gasteiger partial charge in [-0.15, -0.1) is 0 Å². The summed E-state index contributed by atoms with van der Waals surface area (Å²) in [5.41, 5.74) is 1.70. The van der Waals surface area contributed by atoms with Crippen LogP contribution in [-0.4, -0.2) is 35.7 Å². The Kier molecular flexibility index (Phi) is 5.51. The highest BCUT2D eigenvalue weighted by Crippen LogP contribution is 2.26. The van der Waals surface area contributed by atoms with Crippen molar-refractivity contribution >= 4 is 5.91 Å². The van der Waals surface area contributed by atoms with Crippen LogP contribution in [0.15, 0.2) is 23.4 Å². The first-order chi connectivity index (χ1) is 9.29. The normalized spacial score (nSPS) is 13.1. The molecule has 0 radical (unpaired) electrons. The molecule has 0 N–H and O–H groups in total. The first kappa shape index (κ1) is 16.4. The predicted octanol–water partition coefficient (Wildman–Crippen LogP) is 2.52. The molecule has 5 heteroatoms. The molecule has 0 saturated heterocycles. The van der Waals surface area contributed by atoms with Crippen molar-refractivity contribution in [3.05, 3.63) is 30.2 Å². The Bertz CT molecular complexity index is 460. The zero-order valence-corrected chi connectivity index (χ0v) is 13.0. The number of amides is 1. The molecule has 5 nitrogen and oxygen atoms in total. The fraction of sp³-hybridized carbons (Fsp3) is 0.600.